The highest BCUT2D eigenvalue weighted by molar-refractivity contribution is 9.10. The third-order valence-electron chi connectivity index (χ3n) is 2.48. The van der Waals surface area contributed by atoms with E-state index in [0.717, 1.165) is 22.5 Å². The Labute approximate surface area is 103 Å². The number of halogens is 1. The number of rotatable bonds is 4. The summed E-state index contributed by atoms with van der Waals surface area (Å²) in [5.74, 6) is 0.880. The number of furan rings is 1. The molecule has 0 radical (unpaired) electrons. The summed E-state index contributed by atoms with van der Waals surface area (Å²) < 4.78 is 8.19. The van der Waals surface area contributed by atoms with Crippen LogP contribution in [0.15, 0.2) is 33.6 Å². The number of nitrogens with zero attached hydrogens (tertiary/aromatic N) is 2. The van der Waals surface area contributed by atoms with Gasteiger partial charge in [-0.25, -0.2) is 0 Å². The fourth-order valence-electron chi connectivity index (χ4n) is 1.66. The Morgan fingerprint density at radius 2 is 2.38 bits per heavy atom. The van der Waals surface area contributed by atoms with Crippen LogP contribution in [0.3, 0.4) is 0 Å². The fourth-order valence-corrected chi connectivity index (χ4v) is 1.98. The first-order valence-electron chi connectivity index (χ1n) is 5.19. The summed E-state index contributed by atoms with van der Waals surface area (Å²) in [6.45, 7) is 2.94. The zero-order chi connectivity index (χ0) is 11.5. The smallest absolute Gasteiger partial charge is 0.169 e. The molecule has 0 fully saturated rings. The maximum atomic E-state index is 5.55. The molecule has 0 saturated carbocycles. The molecule has 0 saturated heterocycles. The van der Waals surface area contributed by atoms with Crippen molar-refractivity contribution >= 4 is 15.9 Å². The summed E-state index contributed by atoms with van der Waals surface area (Å²) in [5.41, 5.74) is 1.10. The summed E-state index contributed by atoms with van der Waals surface area (Å²) >= 11 is 3.31. The van der Waals surface area contributed by atoms with Gasteiger partial charge in [0.25, 0.3) is 0 Å². The summed E-state index contributed by atoms with van der Waals surface area (Å²) in [6.07, 6.45) is 3.89. The highest BCUT2D eigenvalue weighted by Gasteiger charge is 2.17. The molecular formula is C11H14BrN3O. The van der Waals surface area contributed by atoms with Gasteiger partial charge in [0.2, 0.25) is 0 Å². The van der Waals surface area contributed by atoms with E-state index < -0.39 is 0 Å². The quantitative estimate of drug-likeness (QED) is 0.938. The van der Waals surface area contributed by atoms with Crippen molar-refractivity contribution in [3.8, 4) is 0 Å². The minimum absolute atomic E-state index is 0.0478. The Bertz CT molecular complexity index is 463. The number of aryl methyl sites for hydroxylation is 1. The second kappa shape index (κ2) is 4.84. The van der Waals surface area contributed by atoms with E-state index >= 15 is 0 Å². The molecule has 2 rings (SSSR count). The molecule has 0 spiro atoms. The topological polar surface area (TPSA) is 43.0 Å². The zero-order valence-corrected chi connectivity index (χ0v) is 10.9. The van der Waals surface area contributed by atoms with Crippen LogP contribution >= 0.6 is 15.9 Å². The third kappa shape index (κ3) is 2.20. The van der Waals surface area contributed by atoms with Gasteiger partial charge in [0, 0.05) is 18.3 Å². The van der Waals surface area contributed by atoms with Crippen molar-refractivity contribution < 1.29 is 4.42 Å². The first kappa shape index (κ1) is 11.4. The van der Waals surface area contributed by atoms with Crippen LogP contribution in [0.2, 0.25) is 0 Å². The van der Waals surface area contributed by atoms with Crippen LogP contribution in [0.5, 0.6) is 0 Å². The molecule has 2 heterocycles. The lowest BCUT2D eigenvalue weighted by atomic mass is 10.1. The van der Waals surface area contributed by atoms with Gasteiger partial charge in [-0.05, 0) is 42.0 Å². The molecule has 2 aromatic rings. The van der Waals surface area contributed by atoms with Crippen molar-refractivity contribution in [1.82, 2.24) is 15.1 Å². The summed E-state index contributed by atoms with van der Waals surface area (Å²) in [5, 5.41) is 7.48. The van der Waals surface area contributed by atoms with Gasteiger partial charge in [0.05, 0.1) is 12.2 Å². The number of aromatic nitrogens is 2. The molecular weight excluding hydrogens is 270 g/mol. The zero-order valence-electron chi connectivity index (χ0n) is 9.27. The van der Waals surface area contributed by atoms with Gasteiger partial charge in [-0.3, -0.25) is 4.68 Å². The highest BCUT2D eigenvalue weighted by atomic mass is 79.9. The second-order valence-electron chi connectivity index (χ2n) is 3.49. The first-order valence-corrected chi connectivity index (χ1v) is 5.98. The molecule has 86 valence electrons. The molecule has 0 amide bonds. The lowest BCUT2D eigenvalue weighted by Gasteiger charge is -2.10. The van der Waals surface area contributed by atoms with E-state index in [1.54, 1.807) is 0 Å². The second-order valence-corrected chi connectivity index (χ2v) is 4.27. The van der Waals surface area contributed by atoms with Crippen LogP contribution in [0, 0.1) is 0 Å². The van der Waals surface area contributed by atoms with Gasteiger partial charge in [0.1, 0.15) is 5.76 Å². The predicted molar refractivity (Wildman–Crippen MR) is 65.2 cm³/mol. The summed E-state index contributed by atoms with van der Waals surface area (Å²) in [4.78, 5) is 0. The van der Waals surface area contributed by atoms with Crippen molar-refractivity contribution in [2.45, 2.75) is 19.5 Å². The average Bonchev–Trinajstić information content (AvgIpc) is 2.89. The number of hydrogen-bond acceptors (Lipinski definition) is 3. The van der Waals surface area contributed by atoms with Gasteiger partial charge < -0.3 is 9.73 Å². The van der Waals surface area contributed by atoms with Crippen molar-refractivity contribution in [2.75, 3.05) is 7.05 Å². The largest absolute Gasteiger partial charge is 0.452 e. The van der Waals surface area contributed by atoms with Gasteiger partial charge in [0.15, 0.2) is 4.67 Å². The van der Waals surface area contributed by atoms with E-state index in [-0.39, 0.29) is 6.04 Å². The van der Waals surface area contributed by atoms with E-state index in [4.69, 9.17) is 4.42 Å². The van der Waals surface area contributed by atoms with E-state index in [0.29, 0.717) is 0 Å². The molecule has 0 bridgehead atoms. The minimum atomic E-state index is 0.0478. The predicted octanol–water partition coefficient (Wildman–Crippen LogP) is 2.57. The molecule has 4 nitrogen and oxygen atoms in total. The monoisotopic (exact) mass is 283 g/mol. The fraction of sp³-hybridized carbons (Fsp3) is 0.364. The Balaban J connectivity index is 2.28. The molecule has 1 unspecified atom stereocenters. The average molecular weight is 284 g/mol. The van der Waals surface area contributed by atoms with Crippen molar-refractivity contribution in [2.24, 2.45) is 0 Å². The maximum Gasteiger partial charge on any atom is 0.169 e. The Hall–Kier alpha value is -1.07. The standard InChI is InChI=1S/C11H14BrN3O/c1-3-15-7-8(6-14-15)11(13-2)9-4-5-10(12)16-9/h4-7,11,13H,3H2,1-2H3. The van der Waals surface area contributed by atoms with Crippen molar-refractivity contribution in [3.63, 3.8) is 0 Å². The SMILES string of the molecule is CCn1cc(C(NC)c2ccc(Br)o2)cn1. The van der Waals surface area contributed by atoms with Crippen LogP contribution in [-0.2, 0) is 6.54 Å². The van der Waals surface area contributed by atoms with Crippen LogP contribution in [0.25, 0.3) is 0 Å². The number of hydrogen-bond donors (Lipinski definition) is 1. The molecule has 0 aliphatic rings. The van der Waals surface area contributed by atoms with Gasteiger partial charge in [-0.2, -0.15) is 5.10 Å². The van der Waals surface area contributed by atoms with E-state index in [2.05, 4.69) is 33.3 Å². The normalized spacial score (nSPS) is 12.9. The summed E-state index contributed by atoms with van der Waals surface area (Å²) in [6, 6.07) is 3.89. The molecule has 0 aliphatic carbocycles. The molecule has 5 heteroatoms. The van der Waals surface area contributed by atoms with Gasteiger partial charge >= 0.3 is 0 Å². The Morgan fingerprint density at radius 3 is 2.88 bits per heavy atom. The summed E-state index contributed by atoms with van der Waals surface area (Å²) in [7, 11) is 1.91. The van der Waals surface area contributed by atoms with Gasteiger partial charge in [-0.15, -0.1) is 0 Å². The van der Waals surface area contributed by atoms with Crippen LogP contribution in [-0.4, -0.2) is 16.8 Å². The molecule has 0 aromatic carbocycles. The lowest BCUT2D eigenvalue weighted by molar-refractivity contribution is 0.447. The van der Waals surface area contributed by atoms with Crippen molar-refractivity contribution in [1.29, 1.82) is 0 Å². The Morgan fingerprint density at radius 1 is 1.56 bits per heavy atom. The molecule has 16 heavy (non-hydrogen) atoms. The third-order valence-corrected chi connectivity index (χ3v) is 2.90. The molecule has 1 atom stereocenters. The first-order chi connectivity index (χ1) is 7.74. The highest BCUT2D eigenvalue weighted by Crippen LogP contribution is 2.25. The lowest BCUT2D eigenvalue weighted by Crippen LogP contribution is -2.16. The van der Waals surface area contributed by atoms with Crippen LogP contribution in [0.1, 0.15) is 24.3 Å². The van der Waals surface area contributed by atoms with Crippen molar-refractivity contribution in [3.05, 3.63) is 40.5 Å². The van der Waals surface area contributed by atoms with E-state index in [1.165, 1.54) is 0 Å². The maximum absolute atomic E-state index is 5.55. The van der Waals surface area contributed by atoms with Crippen LogP contribution < -0.4 is 5.32 Å². The van der Waals surface area contributed by atoms with E-state index in [1.807, 2.05) is 36.3 Å². The molecule has 2 aromatic heterocycles. The minimum Gasteiger partial charge on any atom is -0.452 e. The van der Waals surface area contributed by atoms with E-state index in [9.17, 15) is 0 Å². The molecule has 1 N–H and O–H groups in total. The van der Waals surface area contributed by atoms with Gasteiger partial charge in [-0.1, -0.05) is 0 Å². The molecule has 0 aliphatic heterocycles. The Kier molecular flexibility index (Phi) is 3.46. The number of nitrogens with one attached hydrogen (secondary N) is 1. The van der Waals surface area contributed by atoms with Crippen LogP contribution in [0.4, 0.5) is 0 Å².